The fraction of sp³-hybridized carbons (Fsp3) is 0.722. The van der Waals surface area contributed by atoms with E-state index in [1.807, 2.05) is 6.20 Å². The Morgan fingerprint density at radius 2 is 2.05 bits per heavy atom. The minimum Gasteiger partial charge on any atom is -0.356 e. The molecule has 1 aliphatic heterocycles. The maximum atomic E-state index is 5.89. The van der Waals surface area contributed by atoms with E-state index in [0.29, 0.717) is 0 Å². The number of rotatable bonds is 3. The van der Waals surface area contributed by atoms with E-state index >= 15 is 0 Å². The van der Waals surface area contributed by atoms with Crippen molar-refractivity contribution in [1.82, 2.24) is 4.98 Å². The van der Waals surface area contributed by atoms with Gasteiger partial charge in [-0.05, 0) is 56.1 Å². The third-order valence-corrected chi connectivity index (χ3v) is 5.26. The van der Waals surface area contributed by atoms with Gasteiger partial charge in [0.2, 0.25) is 0 Å². The maximum absolute atomic E-state index is 5.89. The number of hydrogen-bond donors (Lipinski definition) is 1. The van der Waals surface area contributed by atoms with Crippen LogP contribution in [-0.4, -0.2) is 24.1 Å². The van der Waals surface area contributed by atoms with Crippen LogP contribution in [0.2, 0.25) is 0 Å². The van der Waals surface area contributed by atoms with Gasteiger partial charge in [0.1, 0.15) is 5.82 Å². The molecule has 3 atom stereocenters. The van der Waals surface area contributed by atoms with E-state index in [4.69, 9.17) is 10.7 Å². The lowest BCUT2D eigenvalue weighted by Crippen LogP contribution is -2.42. The molecular formula is C18H29N3. The largest absolute Gasteiger partial charge is 0.356 e. The van der Waals surface area contributed by atoms with E-state index in [9.17, 15) is 0 Å². The fourth-order valence-corrected chi connectivity index (χ4v) is 4.23. The van der Waals surface area contributed by atoms with Crippen LogP contribution < -0.4 is 10.6 Å². The van der Waals surface area contributed by atoms with E-state index in [2.05, 4.69) is 24.8 Å². The van der Waals surface area contributed by atoms with E-state index < -0.39 is 0 Å². The number of nitrogens with zero attached hydrogens (tertiary/aromatic N) is 2. The van der Waals surface area contributed by atoms with Gasteiger partial charge in [0.15, 0.2) is 0 Å². The first-order valence-corrected chi connectivity index (χ1v) is 8.59. The minimum atomic E-state index is 0.204. The number of hydrogen-bond acceptors (Lipinski definition) is 3. The average molecular weight is 287 g/mol. The van der Waals surface area contributed by atoms with Crippen LogP contribution in [0.5, 0.6) is 0 Å². The Morgan fingerprint density at radius 3 is 2.76 bits per heavy atom. The molecule has 0 bridgehead atoms. The lowest BCUT2D eigenvalue weighted by Gasteiger charge is -2.42. The summed E-state index contributed by atoms with van der Waals surface area (Å²) >= 11 is 0. The molecular weight excluding hydrogens is 258 g/mol. The first kappa shape index (κ1) is 14.8. The second kappa shape index (κ2) is 6.35. The normalized spacial score (nSPS) is 27.3. The highest BCUT2D eigenvalue weighted by Crippen LogP contribution is 2.37. The van der Waals surface area contributed by atoms with E-state index in [-0.39, 0.29) is 6.04 Å². The number of nitrogens with two attached hydrogens (primary N) is 1. The van der Waals surface area contributed by atoms with Crippen LogP contribution >= 0.6 is 0 Å². The number of aryl methyl sites for hydroxylation is 1. The first-order chi connectivity index (χ1) is 10.1. The number of piperidine rings is 1. The van der Waals surface area contributed by atoms with Crippen molar-refractivity contribution in [3.05, 3.63) is 23.4 Å². The zero-order valence-corrected chi connectivity index (χ0v) is 13.5. The van der Waals surface area contributed by atoms with Gasteiger partial charge in [0.25, 0.3) is 0 Å². The first-order valence-electron chi connectivity index (χ1n) is 8.59. The molecule has 116 valence electrons. The zero-order chi connectivity index (χ0) is 14.8. The van der Waals surface area contributed by atoms with Gasteiger partial charge in [-0.15, -0.1) is 0 Å². The Hall–Kier alpha value is -1.09. The Morgan fingerprint density at radius 1 is 1.29 bits per heavy atom. The summed E-state index contributed by atoms with van der Waals surface area (Å²) in [5.41, 5.74) is 8.46. The van der Waals surface area contributed by atoms with E-state index in [0.717, 1.165) is 18.3 Å². The highest BCUT2D eigenvalue weighted by Gasteiger charge is 2.31. The molecule has 21 heavy (non-hydrogen) atoms. The van der Waals surface area contributed by atoms with Gasteiger partial charge < -0.3 is 10.6 Å². The van der Waals surface area contributed by atoms with E-state index in [1.165, 1.54) is 62.1 Å². The van der Waals surface area contributed by atoms with Crippen LogP contribution in [0, 0.1) is 18.8 Å². The minimum absolute atomic E-state index is 0.204. The molecule has 3 heteroatoms. The summed E-state index contributed by atoms with van der Waals surface area (Å²) in [6, 6.07) is 2.48. The van der Waals surface area contributed by atoms with Crippen LogP contribution in [0.15, 0.2) is 12.3 Å². The summed E-state index contributed by atoms with van der Waals surface area (Å²) in [5.74, 6) is 3.08. The molecule has 3 rings (SSSR count). The molecule has 3 unspecified atom stereocenters. The van der Waals surface area contributed by atoms with Crippen molar-refractivity contribution in [2.75, 3.05) is 18.0 Å². The highest BCUT2D eigenvalue weighted by molar-refractivity contribution is 5.48. The standard InChI is InChI=1S/C18H29N3/c1-13-9-15(10-14(2)19)11-20-18(13)21-8-7-16-5-3-4-6-17(16)12-21/h9,11,14,16-17H,3-8,10,12,19H2,1-2H3. The maximum Gasteiger partial charge on any atom is 0.131 e. The molecule has 2 aliphatic rings. The van der Waals surface area contributed by atoms with Crippen molar-refractivity contribution in [1.29, 1.82) is 0 Å². The van der Waals surface area contributed by atoms with Gasteiger partial charge in [-0.25, -0.2) is 4.98 Å². The van der Waals surface area contributed by atoms with Crippen LogP contribution in [0.25, 0.3) is 0 Å². The third kappa shape index (κ3) is 3.39. The lowest BCUT2D eigenvalue weighted by molar-refractivity contribution is 0.202. The van der Waals surface area contributed by atoms with Crippen molar-refractivity contribution in [2.45, 2.75) is 58.4 Å². The fourth-order valence-electron chi connectivity index (χ4n) is 4.23. The molecule has 1 saturated carbocycles. The van der Waals surface area contributed by atoms with Gasteiger partial charge in [0, 0.05) is 25.3 Å². The smallest absolute Gasteiger partial charge is 0.131 e. The topological polar surface area (TPSA) is 42.1 Å². The highest BCUT2D eigenvalue weighted by atomic mass is 15.2. The summed E-state index contributed by atoms with van der Waals surface area (Å²) in [7, 11) is 0. The summed E-state index contributed by atoms with van der Waals surface area (Å²) < 4.78 is 0. The molecule has 0 amide bonds. The number of anilines is 1. The van der Waals surface area contributed by atoms with Gasteiger partial charge in [-0.2, -0.15) is 0 Å². The third-order valence-electron chi connectivity index (χ3n) is 5.26. The molecule has 3 nitrogen and oxygen atoms in total. The Balaban J connectivity index is 1.71. The Kier molecular flexibility index (Phi) is 4.48. The molecule has 1 saturated heterocycles. The number of pyridine rings is 1. The van der Waals surface area contributed by atoms with Crippen molar-refractivity contribution >= 4 is 5.82 Å². The predicted molar refractivity (Wildman–Crippen MR) is 88.6 cm³/mol. The molecule has 0 radical (unpaired) electrons. The number of fused-ring (bicyclic) bond motifs is 1. The van der Waals surface area contributed by atoms with Crippen LogP contribution in [0.1, 0.15) is 50.2 Å². The molecule has 2 heterocycles. The van der Waals surface area contributed by atoms with Gasteiger partial charge in [-0.3, -0.25) is 0 Å². The molecule has 2 N–H and O–H groups in total. The molecule has 1 aliphatic carbocycles. The van der Waals surface area contributed by atoms with Crippen LogP contribution in [0.3, 0.4) is 0 Å². The Bertz CT molecular complexity index is 483. The van der Waals surface area contributed by atoms with Crippen molar-refractivity contribution in [3.8, 4) is 0 Å². The van der Waals surface area contributed by atoms with Gasteiger partial charge >= 0.3 is 0 Å². The second-order valence-electron chi connectivity index (χ2n) is 7.20. The number of aromatic nitrogens is 1. The summed E-state index contributed by atoms with van der Waals surface area (Å²) in [5, 5.41) is 0. The SMILES string of the molecule is Cc1cc(CC(C)N)cnc1N1CCC2CCCCC2C1. The monoisotopic (exact) mass is 287 g/mol. The van der Waals surface area contributed by atoms with Crippen molar-refractivity contribution in [2.24, 2.45) is 17.6 Å². The van der Waals surface area contributed by atoms with Crippen LogP contribution in [0.4, 0.5) is 5.82 Å². The molecule has 1 aromatic heterocycles. The summed E-state index contributed by atoms with van der Waals surface area (Å²) in [6.45, 7) is 6.64. The quantitative estimate of drug-likeness (QED) is 0.927. The zero-order valence-electron chi connectivity index (χ0n) is 13.5. The molecule has 2 fully saturated rings. The summed E-state index contributed by atoms with van der Waals surface area (Å²) in [6.07, 6.45) is 10.0. The predicted octanol–water partition coefficient (Wildman–Crippen LogP) is 3.30. The summed E-state index contributed by atoms with van der Waals surface area (Å²) in [4.78, 5) is 7.29. The van der Waals surface area contributed by atoms with Gasteiger partial charge in [0.05, 0.1) is 0 Å². The Labute approximate surface area is 128 Å². The second-order valence-corrected chi connectivity index (χ2v) is 7.20. The van der Waals surface area contributed by atoms with Crippen molar-refractivity contribution in [3.63, 3.8) is 0 Å². The molecule has 1 aromatic rings. The lowest BCUT2D eigenvalue weighted by atomic mass is 9.75. The van der Waals surface area contributed by atoms with Crippen LogP contribution in [-0.2, 0) is 6.42 Å². The average Bonchev–Trinajstić information content (AvgIpc) is 2.46. The molecule has 0 spiro atoms. The molecule has 0 aromatic carbocycles. The van der Waals surface area contributed by atoms with Crippen molar-refractivity contribution < 1.29 is 0 Å². The van der Waals surface area contributed by atoms with Gasteiger partial charge in [-0.1, -0.05) is 25.3 Å². The van der Waals surface area contributed by atoms with E-state index in [1.54, 1.807) is 0 Å².